The summed E-state index contributed by atoms with van der Waals surface area (Å²) >= 11 is 0. The van der Waals surface area contributed by atoms with E-state index in [1.54, 1.807) is 0 Å². The first-order valence-corrected chi connectivity index (χ1v) is 19.3. The van der Waals surface area contributed by atoms with Crippen molar-refractivity contribution < 1.29 is 0 Å². The topological polar surface area (TPSA) is 8.17 Å². The van der Waals surface area contributed by atoms with Crippen LogP contribution in [0.4, 0.5) is 17.1 Å². The minimum Gasteiger partial charge on any atom is -0.310 e. The fraction of sp³-hybridized carbons (Fsp3) is 0. The van der Waals surface area contributed by atoms with Gasteiger partial charge in [-0.25, -0.2) is 0 Å². The second-order valence-electron chi connectivity index (χ2n) is 14.6. The Hall–Kier alpha value is -7.42. The molecule has 1 aromatic heterocycles. The van der Waals surface area contributed by atoms with Crippen molar-refractivity contribution in [2.45, 2.75) is 0 Å². The molecule has 0 N–H and O–H groups in total. The zero-order chi connectivity index (χ0) is 37.0. The lowest BCUT2D eigenvalue weighted by Gasteiger charge is -2.28. The van der Waals surface area contributed by atoms with Gasteiger partial charge in [0.1, 0.15) is 0 Å². The Labute approximate surface area is 325 Å². The van der Waals surface area contributed by atoms with Crippen molar-refractivity contribution in [3.63, 3.8) is 0 Å². The van der Waals surface area contributed by atoms with E-state index in [4.69, 9.17) is 0 Å². The number of nitrogens with zero attached hydrogens (tertiary/aromatic N) is 2. The average molecular weight is 713 g/mol. The van der Waals surface area contributed by atoms with Gasteiger partial charge in [0, 0.05) is 33.2 Å². The minimum atomic E-state index is 1.11. The number of anilines is 3. The summed E-state index contributed by atoms with van der Waals surface area (Å²) in [6.07, 6.45) is 0. The molecule has 2 nitrogen and oxygen atoms in total. The van der Waals surface area contributed by atoms with Crippen molar-refractivity contribution in [3.8, 4) is 27.9 Å². The third-order valence-corrected chi connectivity index (χ3v) is 11.3. The van der Waals surface area contributed by atoms with E-state index in [1.165, 1.54) is 76.4 Å². The molecule has 0 fully saturated rings. The first kappa shape index (κ1) is 32.0. The van der Waals surface area contributed by atoms with Crippen molar-refractivity contribution in [1.29, 1.82) is 0 Å². The zero-order valence-electron chi connectivity index (χ0n) is 30.7. The Bertz CT molecular complexity index is 3230. The Morgan fingerprint density at radius 2 is 0.857 bits per heavy atom. The van der Waals surface area contributed by atoms with Crippen molar-refractivity contribution in [2.24, 2.45) is 0 Å². The number of hydrogen-bond acceptors (Lipinski definition) is 1. The van der Waals surface area contributed by atoms with Crippen molar-refractivity contribution in [1.82, 2.24) is 4.57 Å². The number of hydrogen-bond donors (Lipinski definition) is 0. The SMILES string of the molecule is c1ccc(-c2cccc(N(c3ccc(-c4ccc(-n5c6ccccc6c6cc7ccccc7cc65)cc4)cc3)c3cc4ccccc4c4ccccc34)c2)cc1. The quantitative estimate of drug-likeness (QED) is 0.156. The van der Waals surface area contributed by atoms with E-state index in [9.17, 15) is 0 Å². The van der Waals surface area contributed by atoms with Crippen LogP contribution in [-0.2, 0) is 0 Å². The summed E-state index contributed by atoms with van der Waals surface area (Å²) in [5.74, 6) is 0. The Kier molecular flexibility index (Phi) is 7.53. The van der Waals surface area contributed by atoms with Gasteiger partial charge in [0.15, 0.2) is 0 Å². The Balaban J connectivity index is 1.02. The maximum Gasteiger partial charge on any atom is 0.0547 e. The van der Waals surface area contributed by atoms with Gasteiger partial charge >= 0.3 is 0 Å². The fourth-order valence-electron chi connectivity index (χ4n) is 8.64. The first-order valence-electron chi connectivity index (χ1n) is 19.3. The van der Waals surface area contributed by atoms with Crippen LogP contribution in [0.5, 0.6) is 0 Å². The lowest BCUT2D eigenvalue weighted by Crippen LogP contribution is -2.10. The lowest BCUT2D eigenvalue weighted by atomic mass is 9.98. The summed E-state index contributed by atoms with van der Waals surface area (Å²) in [7, 11) is 0. The maximum absolute atomic E-state index is 2.42. The second-order valence-corrected chi connectivity index (χ2v) is 14.6. The molecule has 0 spiro atoms. The third kappa shape index (κ3) is 5.34. The van der Waals surface area contributed by atoms with Crippen LogP contribution in [0.3, 0.4) is 0 Å². The monoisotopic (exact) mass is 712 g/mol. The average Bonchev–Trinajstić information content (AvgIpc) is 3.59. The van der Waals surface area contributed by atoms with Gasteiger partial charge in [0.25, 0.3) is 0 Å². The summed E-state index contributed by atoms with van der Waals surface area (Å²) in [5.41, 5.74) is 11.7. The molecule has 0 radical (unpaired) electrons. The molecule has 0 aliphatic heterocycles. The van der Waals surface area contributed by atoms with Gasteiger partial charge in [-0.2, -0.15) is 0 Å². The van der Waals surface area contributed by atoms with E-state index in [-0.39, 0.29) is 0 Å². The number of rotatable bonds is 6. The standard InChI is InChI=1S/C54H36N2/c1-2-13-37(14-3-1)40-18-12-19-46(33-40)55(53-36-43-17-6-7-20-47(43)48-21-8-9-22-49(48)53)44-29-25-38(26-30-44)39-27-31-45(32-28-39)56-52-24-11-10-23-50(52)51-34-41-15-4-5-16-42(41)35-54(51)56/h1-36H. The van der Waals surface area contributed by atoms with Crippen LogP contribution < -0.4 is 4.90 Å². The van der Waals surface area contributed by atoms with Crippen LogP contribution in [0.2, 0.25) is 0 Å². The number of para-hydroxylation sites is 1. The van der Waals surface area contributed by atoms with E-state index >= 15 is 0 Å². The molecule has 262 valence electrons. The lowest BCUT2D eigenvalue weighted by molar-refractivity contribution is 1.18. The molecule has 1 heterocycles. The highest BCUT2D eigenvalue weighted by Gasteiger charge is 2.19. The smallest absolute Gasteiger partial charge is 0.0547 e. The zero-order valence-corrected chi connectivity index (χ0v) is 30.7. The highest BCUT2D eigenvalue weighted by Crippen LogP contribution is 2.43. The van der Waals surface area contributed by atoms with E-state index < -0.39 is 0 Å². The van der Waals surface area contributed by atoms with E-state index in [1.807, 2.05) is 0 Å². The number of benzene rings is 10. The largest absolute Gasteiger partial charge is 0.310 e. The summed E-state index contributed by atoms with van der Waals surface area (Å²) in [5, 5.41) is 10.0. The van der Waals surface area contributed by atoms with Crippen molar-refractivity contribution in [3.05, 3.63) is 218 Å². The molecule has 0 amide bonds. The third-order valence-electron chi connectivity index (χ3n) is 11.3. The number of aromatic nitrogens is 1. The Morgan fingerprint density at radius 3 is 1.62 bits per heavy atom. The van der Waals surface area contributed by atoms with Gasteiger partial charge in [0.05, 0.1) is 16.7 Å². The Morgan fingerprint density at radius 1 is 0.286 bits per heavy atom. The van der Waals surface area contributed by atoms with Crippen LogP contribution in [0.15, 0.2) is 218 Å². The normalized spacial score (nSPS) is 11.6. The summed E-state index contributed by atoms with van der Waals surface area (Å²) < 4.78 is 2.40. The minimum absolute atomic E-state index is 1.11. The van der Waals surface area contributed by atoms with Crippen LogP contribution >= 0.6 is 0 Å². The van der Waals surface area contributed by atoms with Crippen LogP contribution in [0.1, 0.15) is 0 Å². The van der Waals surface area contributed by atoms with Crippen LogP contribution in [-0.4, -0.2) is 4.57 Å². The van der Waals surface area contributed by atoms with E-state index in [0.717, 1.165) is 22.7 Å². The molecule has 56 heavy (non-hydrogen) atoms. The first-order chi connectivity index (χ1) is 27.8. The molecule has 0 aliphatic rings. The molecule has 10 aromatic carbocycles. The second kappa shape index (κ2) is 13.2. The molecule has 2 heteroatoms. The molecular formula is C54H36N2. The number of fused-ring (bicyclic) bond motifs is 7. The summed E-state index contributed by atoms with van der Waals surface area (Å²) in [4.78, 5) is 2.42. The van der Waals surface area contributed by atoms with Crippen LogP contribution in [0, 0.1) is 0 Å². The molecule has 0 bridgehead atoms. The van der Waals surface area contributed by atoms with Crippen molar-refractivity contribution in [2.75, 3.05) is 4.90 Å². The van der Waals surface area contributed by atoms with Gasteiger partial charge in [-0.3, -0.25) is 0 Å². The highest BCUT2D eigenvalue weighted by molar-refractivity contribution is 6.15. The highest BCUT2D eigenvalue weighted by atomic mass is 15.1. The molecule has 0 saturated carbocycles. The van der Waals surface area contributed by atoms with Gasteiger partial charge in [-0.05, 0) is 110 Å². The predicted molar refractivity (Wildman–Crippen MR) is 239 cm³/mol. The molecule has 11 rings (SSSR count). The van der Waals surface area contributed by atoms with E-state index in [2.05, 4.69) is 228 Å². The molecule has 0 saturated heterocycles. The van der Waals surface area contributed by atoms with E-state index in [0.29, 0.717) is 0 Å². The molecule has 0 aliphatic carbocycles. The molecular weight excluding hydrogens is 677 g/mol. The fourth-order valence-corrected chi connectivity index (χ4v) is 8.64. The van der Waals surface area contributed by atoms with Gasteiger partial charge in [-0.1, -0.05) is 158 Å². The molecule has 0 atom stereocenters. The van der Waals surface area contributed by atoms with Gasteiger partial charge in [-0.15, -0.1) is 0 Å². The van der Waals surface area contributed by atoms with Gasteiger partial charge < -0.3 is 9.47 Å². The van der Waals surface area contributed by atoms with Crippen molar-refractivity contribution >= 4 is 71.2 Å². The van der Waals surface area contributed by atoms with Gasteiger partial charge in [0.2, 0.25) is 0 Å². The molecule has 0 unspecified atom stereocenters. The molecule has 11 aromatic rings. The summed E-state index contributed by atoms with van der Waals surface area (Å²) in [6, 6.07) is 79.5. The predicted octanol–water partition coefficient (Wildman–Crippen LogP) is 15.0. The maximum atomic E-state index is 2.42. The summed E-state index contributed by atoms with van der Waals surface area (Å²) in [6.45, 7) is 0. The van der Waals surface area contributed by atoms with Crippen LogP contribution in [0.25, 0.3) is 82.1 Å².